The maximum absolute atomic E-state index is 11.3. The Balaban J connectivity index is -0.000000248. The highest BCUT2D eigenvalue weighted by atomic mass is 16.5. The first-order chi connectivity index (χ1) is 46.9. The fourth-order valence-electron chi connectivity index (χ4n) is 9.48. The van der Waals surface area contributed by atoms with E-state index in [-0.39, 0.29) is 12.1 Å². The summed E-state index contributed by atoms with van der Waals surface area (Å²) in [5.41, 5.74) is 1.01. The molecule has 0 aromatic heterocycles. The Morgan fingerprint density at radius 1 is 0.396 bits per heavy atom. The van der Waals surface area contributed by atoms with Gasteiger partial charge in [-0.05, 0) is 114 Å². The van der Waals surface area contributed by atoms with Crippen molar-refractivity contribution in [3.63, 3.8) is 0 Å². The number of unbranched alkanes of at least 4 members (excludes halogenated alkanes) is 21. The van der Waals surface area contributed by atoms with E-state index in [1.54, 1.807) is 25.3 Å². The molecule has 8 heteroatoms. The van der Waals surface area contributed by atoms with Crippen LogP contribution in [0.25, 0.3) is 6.08 Å². The van der Waals surface area contributed by atoms with Crippen molar-refractivity contribution < 1.29 is 28.5 Å². The second-order valence-electron chi connectivity index (χ2n) is 24.4. The third-order valence-corrected chi connectivity index (χ3v) is 15.4. The van der Waals surface area contributed by atoms with Gasteiger partial charge in [-0.3, -0.25) is 9.80 Å². The Labute approximate surface area is 598 Å². The van der Waals surface area contributed by atoms with Gasteiger partial charge in [0.15, 0.2) is 0 Å². The number of rotatable bonds is 62. The second-order valence-corrected chi connectivity index (χ2v) is 24.4. The smallest absolute Gasteiger partial charge is 0.330 e. The molecular formula is C88H158N2O6. The average molecular weight is 1340 g/mol. The third kappa shape index (κ3) is 89.3. The van der Waals surface area contributed by atoms with Crippen LogP contribution in [-0.2, 0) is 28.5 Å². The summed E-state index contributed by atoms with van der Waals surface area (Å²) in [7, 11) is 1.74. The number of carbonyl (C=O) groups is 1. The van der Waals surface area contributed by atoms with Crippen molar-refractivity contribution in [3.05, 3.63) is 181 Å². The Morgan fingerprint density at radius 3 is 1.09 bits per heavy atom. The van der Waals surface area contributed by atoms with Gasteiger partial charge in [0, 0.05) is 65.8 Å². The number of ether oxygens (including phenoxy) is 5. The molecule has 1 aromatic carbocycles. The Morgan fingerprint density at radius 2 is 0.740 bits per heavy atom. The average Bonchev–Trinajstić information content (AvgIpc) is 2.91. The molecule has 0 aliphatic heterocycles. The lowest BCUT2D eigenvalue weighted by molar-refractivity contribution is -0.137. The van der Waals surface area contributed by atoms with Crippen LogP contribution in [0.2, 0.25) is 0 Å². The highest BCUT2D eigenvalue weighted by Gasteiger charge is 2.07. The quantitative estimate of drug-likeness (QED) is 0.0277. The zero-order chi connectivity index (χ0) is 72.7. The summed E-state index contributed by atoms with van der Waals surface area (Å²) < 4.78 is 27.1. The van der Waals surface area contributed by atoms with Crippen molar-refractivity contribution in [1.29, 1.82) is 0 Å². The van der Waals surface area contributed by atoms with Crippen LogP contribution in [0.3, 0.4) is 0 Å². The number of carbonyl (C=O) groups excluding carboxylic acids is 1. The van der Waals surface area contributed by atoms with Crippen molar-refractivity contribution >= 4 is 12.0 Å². The van der Waals surface area contributed by atoms with Crippen molar-refractivity contribution in [1.82, 2.24) is 9.80 Å². The van der Waals surface area contributed by atoms with Crippen molar-refractivity contribution in [2.45, 2.75) is 285 Å². The van der Waals surface area contributed by atoms with Crippen LogP contribution >= 0.6 is 0 Å². The van der Waals surface area contributed by atoms with Gasteiger partial charge in [-0.25, -0.2) is 4.79 Å². The van der Waals surface area contributed by atoms with E-state index in [0.717, 1.165) is 128 Å². The van der Waals surface area contributed by atoms with E-state index in [1.807, 2.05) is 78.9 Å². The van der Waals surface area contributed by atoms with Crippen molar-refractivity contribution in [3.8, 4) is 0 Å². The number of nitrogens with zero attached hydrogens (tertiary/aromatic N) is 2. The monoisotopic (exact) mass is 1340 g/mol. The lowest BCUT2D eigenvalue weighted by Gasteiger charge is -2.18. The molecule has 0 heterocycles. The number of allylic oxidation sites excluding steroid dienone is 1. The zero-order valence-corrected chi connectivity index (χ0v) is 64.6. The minimum absolute atomic E-state index is 0.0335. The molecule has 556 valence electrons. The first-order valence-corrected chi connectivity index (χ1v) is 38.3. The molecule has 8 nitrogen and oxygen atoms in total. The molecule has 0 amide bonds. The lowest BCUT2D eigenvalue weighted by Crippen LogP contribution is -2.25. The van der Waals surface area contributed by atoms with Gasteiger partial charge < -0.3 is 23.7 Å². The van der Waals surface area contributed by atoms with Crippen molar-refractivity contribution in [2.24, 2.45) is 5.92 Å². The third-order valence-electron chi connectivity index (χ3n) is 15.4. The summed E-state index contributed by atoms with van der Waals surface area (Å²) in [6.07, 6.45) is 67.0. The van der Waals surface area contributed by atoms with Gasteiger partial charge in [0.05, 0.1) is 24.9 Å². The first kappa shape index (κ1) is 102. The zero-order valence-electron chi connectivity index (χ0n) is 64.6. The van der Waals surface area contributed by atoms with Gasteiger partial charge in [-0.1, -0.05) is 280 Å². The van der Waals surface area contributed by atoms with Gasteiger partial charge in [0.25, 0.3) is 0 Å². The molecule has 0 radical (unpaired) electrons. The predicted molar refractivity (Wildman–Crippen MR) is 433 cm³/mol. The topological polar surface area (TPSA) is 69.7 Å². The molecule has 0 aliphatic carbocycles. The van der Waals surface area contributed by atoms with Crippen LogP contribution in [0.15, 0.2) is 176 Å². The molecule has 0 saturated carbocycles. The van der Waals surface area contributed by atoms with E-state index in [9.17, 15) is 4.79 Å². The molecule has 0 N–H and O–H groups in total. The van der Waals surface area contributed by atoms with Gasteiger partial charge in [-0.2, -0.15) is 0 Å². The Kier molecular flexibility index (Phi) is 101. The second kappa shape index (κ2) is 94.5. The fourth-order valence-corrected chi connectivity index (χ4v) is 9.48. The first-order valence-electron chi connectivity index (χ1n) is 38.3. The minimum atomic E-state index is -0.264. The molecule has 1 unspecified atom stereocenters. The van der Waals surface area contributed by atoms with E-state index in [4.69, 9.17) is 23.7 Å². The molecule has 0 saturated heterocycles. The molecule has 0 spiro atoms. The van der Waals surface area contributed by atoms with E-state index in [0.29, 0.717) is 18.8 Å². The van der Waals surface area contributed by atoms with E-state index < -0.39 is 0 Å². The highest BCUT2D eigenvalue weighted by Crippen LogP contribution is 2.14. The largest absolute Gasteiger partial charge is 0.463 e. The van der Waals surface area contributed by atoms with Gasteiger partial charge in [-0.15, -0.1) is 72.4 Å². The number of hydrogen-bond donors (Lipinski definition) is 0. The molecule has 96 heavy (non-hydrogen) atoms. The normalized spacial score (nSPS) is 10.7. The number of methoxy groups -OCH3 is 1. The maximum Gasteiger partial charge on any atom is 0.330 e. The molecule has 1 rings (SSSR count). The number of esters is 1. The van der Waals surface area contributed by atoms with Crippen LogP contribution < -0.4 is 0 Å². The van der Waals surface area contributed by atoms with Gasteiger partial charge in [0.1, 0.15) is 0 Å². The van der Waals surface area contributed by atoms with E-state index >= 15 is 0 Å². The summed E-state index contributed by atoms with van der Waals surface area (Å²) >= 11 is 0. The standard InChI is InChI=1S/C16H30O.C15H28O.C14H18O2.C12H22O.C11H21NO.C11H21N.C9H18/c1-4-7-8-9-10-11-12-15-17-16(13-5-2)14-6-3;1-4-7-8-9-10-11-14-16-15(12-5-2)13-6-3;1-2-3-7-12-16-14(15)11-10-13-8-5-4-6-9-13;1-4-7-8-9-10-11-13-12(5-2)6-3;1-4-8-12(9-5-2)10-6-7-11-13-3;1-4-7-8-11-12(9-5-2)10-6-3;1-4-7-8-9(5-2)6-3/h5-6,16H,2-4,7-15H2,1H3;5-6,15H,2-4,7-14H2,1H3;4-6,8-11H,2-3,7,12H2,1H3;5-6,12H,2-4,7-11H2,1H3;4-5H,1-2,6-11H2,3H3;5-6H,2-4,7-11H2,1H3;5,9H,2,4,6-8H2,1,3H3/b;;11-10+;;;;. The van der Waals surface area contributed by atoms with Crippen LogP contribution in [0.4, 0.5) is 0 Å². The van der Waals surface area contributed by atoms with E-state index in [2.05, 4.69) is 137 Å². The van der Waals surface area contributed by atoms with Gasteiger partial charge in [0.2, 0.25) is 0 Å². The molecular weight excluding hydrogens is 1180 g/mol. The van der Waals surface area contributed by atoms with Crippen LogP contribution in [-0.4, -0.2) is 113 Å². The Hall–Kier alpha value is -4.67. The molecule has 0 fully saturated rings. The molecule has 0 aliphatic rings. The lowest BCUT2D eigenvalue weighted by atomic mass is 10.00. The highest BCUT2D eigenvalue weighted by molar-refractivity contribution is 5.87. The fraction of sp³-hybridized carbons (Fsp3) is 0.648. The summed E-state index contributed by atoms with van der Waals surface area (Å²) in [5.74, 6) is 0.505. The van der Waals surface area contributed by atoms with Crippen LogP contribution in [0, 0.1) is 5.92 Å². The van der Waals surface area contributed by atoms with Crippen LogP contribution in [0.5, 0.6) is 0 Å². The molecule has 0 bridgehead atoms. The summed E-state index contributed by atoms with van der Waals surface area (Å²) in [4.78, 5) is 15.9. The molecule has 1 aromatic rings. The van der Waals surface area contributed by atoms with Gasteiger partial charge >= 0.3 is 5.97 Å². The predicted octanol–water partition coefficient (Wildman–Crippen LogP) is 25.6. The maximum atomic E-state index is 11.3. The summed E-state index contributed by atoms with van der Waals surface area (Å²) in [5, 5.41) is 0. The summed E-state index contributed by atoms with van der Waals surface area (Å²) in [6, 6.07) is 9.71. The SMILES string of the molecule is C=CC(C=C)OCCCCCCC.C=CC(CC)CCCC.C=CCC(CC=C)OCCCCCCCC.C=CCC(CC=C)OCCCCCCCCC.C=CCN(CC=C)CCCCC.C=CCN(CC=C)CCCCOC.CCCCCOC(=O)/C=C/c1ccccc1. The number of hydrogen-bond acceptors (Lipinski definition) is 8. The molecule has 1 atom stereocenters. The Bertz CT molecular complexity index is 1780. The summed E-state index contributed by atoms with van der Waals surface area (Å²) in [6.45, 7) is 66.7. The minimum Gasteiger partial charge on any atom is -0.463 e. The number of benzene rings is 1. The van der Waals surface area contributed by atoms with Crippen molar-refractivity contribution in [2.75, 3.05) is 79.4 Å². The van der Waals surface area contributed by atoms with Crippen LogP contribution in [0.1, 0.15) is 272 Å². The van der Waals surface area contributed by atoms with E-state index in [1.165, 1.54) is 173 Å².